The number of nitrogens with one attached hydrogen (secondary N) is 1. The predicted molar refractivity (Wildman–Crippen MR) is 95.9 cm³/mol. The van der Waals surface area contributed by atoms with Crippen molar-refractivity contribution in [1.82, 2.24) is 9.55 Å². The fourth-order valence-electron chi connectivity index (χ4n) is 2.44. The summed E-state index contributed by atoms with van der Waals surface area (Å²) in [6, 6.07) is 1.21. The Morgan fingerprint density at radius 2 is 2.08 bits per heavy atom. The largest absolute Gasteiger partial charge is 0.506 e. The molecule has 10 heteroatoms. The zero-order valence-electron chi connectivity index (χ0n) is 15.6. The van der Waals surface area contributed by atoms with E-state index in [4.69, 9.17) is 19.0 Å². The van der Waals surface area contributed by atoms with Gasteiger partial charge in [-0.3, -0.25) is 14.3 Å². The van der Waals surface area contributed by atoms with Crippen molar-refractivity contribution in [2.75, 3.05) is 6.61 Å². The highest BCUT2D eigenvalue weighted by molar-refractivity contribution is 6.74. The number of carboxylic acid groups (broad SMARTS) is 1. The summed E-state index contributed by atoms with van der Waals surface area (Å²) in [5.74, 6) is 0. The Balaban J connectivity index is 2.17. The van der Waals surface area contributed by atoms with E-state index in [1.165, 1.54) is 16.8 Å². The fourth-order valence-corrected chi connectivity index (χ4v) is 3.45. The minimum absolute atomic E-state index is 0.00991. The molecule has 26 heavy (non-hydrogen) atoms. The lowest BCUT2D eigenvalue weighted by atomic mass is 10.2. The van der Waals surface area contributed by atoms with Gasteiger partial charge in [0, 0.05) is 18.7 Å². The first-order chi connectivity index (χ1) is 11.9. The Labute approximate surface area is 152 Å². The number of carbonyl (C=O) groups is 1. The third kappa shape index (κ3) is 4.62. The predicted octanol–water partition coefficient (Wildman–Crippen LogP) is 1.91. The first kappa shape index (κ1) is 20.4. The molecule has 0 radical (unpaired) electrons. The van der Waals surface area contributed by atoms with Gasteiger partial charge in [-0.1, -0.05) is 20.8 Å². The standard InChI is InChI=1S/C16H26N2O7Si/c1-16(2,3)26(4,5)23-9-11-10(25-15(21)22)8-13(24-11)18-7-6-12(19)17-14(18)20/h6-7,10-11,13H,8-9H2,1-5H3,(H,21,22)(H,17,19,20)/t10-,11+,13+/m0/s1. The average molecular weight is 386 g/mol. The van der Waals surface area contributed by atoms with Crippen LogP contribution < -0.4 is 11.2 Å². The molecule has 9 nitrogen and oxygen atoms in total. The van der Waals surface area contributed by atoms with Crippen molar-refractivity contribution in [3.8, 4) is 0 Å². The maximum atomic E-state index is 12.0. The van der Waals surface area contributed by atoms with Gasteiger partial charge < -0.3 is 19.0 Å². The topological polar surface area (TPSA) is 120 Å². The van der Waals surface area contributed by atoms with Crippen LogP contribution in [-0.4, -0.2) is 47.9 Å². The Morgan fingerprint density at radius 3 is 2.62 bits per heavy atom. The molecule has 3 atom stereocenters. The highest BCUT2D eigenvalue weighted by atomic mass is 28.4. The van der Waals surface area contributed by atoms with E-state index in [0.717, 1.165) is 0 Å². The summed E-state index contributed by atoms with van der Waals surface area (Å²) >= 11 is 0. The second-order valence-corrected chi connectivity index (χ2v) is 12.7. The van der Waals surface area contributed by atoms with Gasteiger partial charge in [-0.05, 0) is 18.1 Å². The Morgan fingerprint density at radius 1 is 1.42 bits per heavy atom. The van der Waals surface area contributed by atoms with E-state index in [9.17, 15) is 14.4 Å². The van der Waals surface area contributed by atoms with Crippen molar-refractivity contribution >= 4 is 14.5 Å². The summed E-state index contributed by atoms with van der Waals surface area (Å²) in [7, 11) is -2.06. The molecule has 2 heterocycles. The van der Waals surface area contributed by atoms with Crippen LogP contribution in [0.4, 0.5) is 4.79 Å². The lowest BCUT2D eigenvalue weighted by Crippen LogP contribution is -2.44. The van der Waals surface area contributed by atoms with Crippen LogP contribution >= 0.6 is 0 Å². The van der Waals surface area contributed by atoms with Gasteiger partial charge in [0.15, 0.2) is 8.32 Å². The van der Waals surface area contributed by atoms with Crippen LogP contribution in [-0.2, 0) is 13.9 Å². The van der Waals surface area contributed by atoms with Gasteiger partial charge in [0.05, 0.1) is 6.61 Å². The van der Waals surface area contributed by atoms with Crippen LogP contribution in [0.25, 0.3) is 0 Å². The van der Waals surface area contributed by atoms with Crippen molar-refractivity contribution in [3.63, 3.8) is 0 Å². The number of aromatic nitrogens is 2. The lowest BCUT2D eigenvalue weighted by molar-refractivity contribution is -0.0512. The van der Waals surface area contributed by atoms with Gasteiger partial charge in [0.1, 0.15) is 18.4 Å². The van der Waals surface area contributed by atoms with Crippen LogP contribution in [0.2, 0.25) is 18.1 Å². The molecule has 1 fully saturated rings. The van der Waals surface area contributed by atoms with Crippen LogP contribution in [0.1, 0.15) is 33.4 Å². The summed E-state index contributed by atoms with van der Waals surface area (Å²) in [5.41, 5.74) is -1.14. The molecule has 0 saturated carbocycles. The molecule has 1 saturated heterocycles. The van der Waals surface area contributed by atoms with Crippen LogP contribution in [0.15, 0.2) is 21.9 Å². The van der Waals surface area contributed by atoms with E-state index < -0.39 is 44.2 Å². The SMILES string of the molecule is CC(C)(C)[Si](C)(C)OC[C@H]1O[C@@H](n2ccc(=O)[nH]c2=O)C[C@@H]1OC(=O)O. The Hall–Kier alpha value is -1.91. The quantitative estimate of drug-likeness (QED) is 0.586. The van der Waals surface area contributed by atoms with Gasteiger partial charge in [0.2, 0.25) is 0 Å². The Bertz CT molecular complexity index is 765. The maximum Gasteiger partial charge on any atom is 0.506 e. The highest BCUT2D eigenvalue weighted by Crippen LogP contribution is 2.38. The molecule has 2 N–H and O–H groups in total. The minimum Gasteiger partial charge on any atom is -0.450 e. The van der Waals surface area contributed by atoms with Crippen LogP contribution in [0, 0.1) is 0 Å². The molecule has 1 aromatic rings. The van der Waals surface area contributed by atoms with E-state index in [0.29, 0.717) is 0 Å². The van der Waals surface area contributed by atoms with Crippen molar-refractivity contribution < 1.29 is 23.8 Å². The monoisotopic (exact) mass is 386 g/mol. The van der Waals surface area contributed by atoms with E-state index in [1.54, 1.807) is 0 Å². The van der Waals surface area contributed by atoms with Crippen LogP contribution in [0.3, 0.4) is 0 Å². The van der Waals surface area contributed by atoms with Crippen molar-refractivity contribution in [3.05, 3.63) is 33.1 Å². The number of H-pyrrole nitrogens is 1. The second-order valence-electron chi connectivity index (χ2n) is 7.88. The van der Waals surface area contributed by atoms with Gasteiger partial charge in [-0.25, -0.2) is 9.59 Å². The van der Waals surface area contributed by atoms with Crippen molar-refractivity contribution in [2.24, 2.45) is 0 Å². The minimum atomic E-state index is -2.06. The van der Waals surface area contributed by atoms with Gasteiger partial charge >= 0.3 is 11.8 Å². The summed E-state index contributed by atoms with van der Waals surface area (Å²) in [5, 5.41) is 8.96. The zero-order chi connectivity index (χ0) is 19.7. The number of hydrogen-bond acceptors (Lipinski definition) is 6. The molecule has 0 amide bonds. The van der Waals surface area contributed by atoms with E-state index in [1.807, 2.05) is 0 Å². The molecule has 1 aliphatic rings. The highest BCUT2D eigenvalue weighted by Gasteiger charge is 2.43. The van der Waals surface area contributed by atoms with E-state index in [-0.39, 0.29) is 18.1 Å². The summed E-state index contributed by atoms with van der Waals surface area (Å²) < 4.78 is 18.1. The van der Waals surface area contributed by atoms with Gasteiger partial charge in [-0.2, -0.15) is 0 Å². The van der Waals surface area contributed by atoms with Crippen molar-refractivity contribution in [2.45, 2.75) is 63.8 Å². The number of hydrogen-bond donors (Lipinski definition) is 2. The average Bonchev–Trinajstić information content (AvgIpc) is 2.86. The lowest BCUT2D eigenvalue weighted by Gasteiger charge is -2.37. The first-order valence-electron chi connectivity index (χ1n) is 8.41. The van der Waals surface area contributed by atoms with Gasteiger partial charge in [-0.15, -0.1) is 0 Å². The molecular formula is C16H26N2O7Si. The molecule has 0 spiro atoms. The molecular weight excluding hydrogens is 360 g/mol. The number of rotatable bonds is 5. The third-order valence-electron chi connectivity index (χ3n) is 5.01. The van der Waals surface area contributed by atoms with Gasteiger partial charge in [0.25, 0.3) is 5.56 Å². The second kappa shape index (κ2) is 7.37. The van der Waals surface area contributed by atoms with E-state index >= 15 is 0 Å². The fraction of sp³-hybridized carbons (Fsp3) is 0.688. The number of nitrogens with zero attached hydrogens (tertiary/aromatic N) is 1. The summed E-state index contributed by atoms with van der Waals surface area (Å²) in [6.07, 6.45) is -2.07. The molecule has 0 bridgehead atoms. The zero-order valence-corrected chi connectivity index (χ0v) is 16.6. The molecule has 2 rings (SSSR count). The first-order valence-corrected chi connectivity index (χ1v) is 11.3. The summed E-state index contributed by atoms with van der Waals surface area (Å²) in [6.45, 7) is 10.6. The molecule has 1 aliphatic heterocycles. The molecule has 1 aromatic heterocycles. The number of ether oxygens (including phenoxy) is 2. The summed E-state index contributed by atoms with van der Waals surface area (Å²) in [4.78, 5) is 36.3. The Kier molecular flexibility index (Phi) is 5.78. The van der Waals surface area contributed by atoms with E-state index in [2.05, 4.69) is 38.8 Å². The molecule has 146 valence electrons. The smallest absolute Gasteiger partial charge is 0.450 e. The molecule has 0 aliphatic carbocycles. The van der Waals surface area contributed by atoms with Crippen molar-refractivity contribution in [1.29, 1.82) is 0 Å². The molecule has 0 aromatic carbocycles. The molecule has 0 unspecified atom stereocenters. The normalized spacial score (nSPS) is 23.8. The maximum absolute atomic E-state index is 12.0. The van der Waals surface area contributed by atoms with Crippen LogP contribution in [0.5, 0.6) is 0 Å². The third-order valence-corrected chi connectivity index (χ3v) is 9.51. The number of aromatic amines is 1.